The van der Waals surface area contributed by atoms with Crippen LogP contribution in [0, 0.1) is 11.8 Å². The standard InChI is InChI=1S/C16H30N2O4S/c1-12(2)14-13(5-4-10-22-14)11-18-15(19)16(23(3,20)21)6-8-17-9-7-16/h12-14,17H,4-11H2,1-3H3,(H,18,19). The highest BCUT2D eigenvalue weighted by Gasteiger charge is 2.48. The first kappa shape index (κ1) is 18.7. The molecule has 2 N–H and O–H groups in total. The van der Waals surface area contributed by atoms with Crippen LogP contribution in [0.4, 0.5) is 0 Å². The lowest BCUT2D eigenvalue weighted by atomic mass is 9.87. The van der Waals surface area contributed by atoms with Crippen molar-refractivity contribution in [3.63, 3.8) is 0 Å². The molecule has 0 aliphatic carbocycles. The fourth-order valence-corrected chi connectivity index (χ4v) is 5.16. The van der Waals surface area contributed by atoms with Gasteiger partial charge in [-0.05, 0) is 44.7 Å². The highest BCUT2D eigenvalue weighted by Crippen LogP contribution is 2.29. The summed E-state index contributed by atoms with van der Waals surface area (Å²) in [4.78, 5) is 12.7. The largest absolute Gasteiger partial charge is 0.378 e. The molecule has 0 saturated carbocycles. The molecule has 134 valence electrons. The van der Waals surface area contributed by atoms with Crippen LogP contribution in [0.5, 0.6) is 0 Å². The van der Waals surface area contributed by atoms with Crippen LogP contribution in [-0.2, 0) is 19.4 Å². The van der Waals surface area contributed by atoms with E-state index in [2.05, 4.69) is 24.5 Å². The molecule has 2 aliphatic rings. The third-order valence-corrected chi connectivity index (χ3v) is 7.22. The molecular formula is C16H30N2O4S. The molecular weight excluding hydrogens is 316 g/mol. The Labute approximate surface area is 139 Å². The number of ether oxygens (including phenoxy) is 1. The summed E-state index contributed by atoms with van der Waals surface area (Å²) >= 11 is 0. The Morgan fingerprint density at radius 3 is 2.57 bits per heavy atom. The lowest BCUT2D eigenvalue weighted by molar-refractivity contribution is -0.125. The first-order chi connectivity index (χ1) is 10.8. The zero-order chi connectivity index (χ0) is 17.1. The van der Waals surface area contributed by atoms with Crippen LogP contribution < -0.4 is 10.6 Å². The van der Waals surface area contributed by atoms with Gasteiger partial charge in [-0.1, -0.05) is 13.8 Å². The van der Waals surface area contributed by atoms with Gasteiger partial charge in [0.2, 0.25) is 5.91 Å². The van der Waals surface area contributed by atoms with Crippen molar-refractivity contribution in [3.8, 4) is 0 Å². The van der Waals surface area contributed by atoms with E-state index in [1.807, 2.05) is 0 Å². The molecule has 0 aromatic heterocycles. The summed E-state index contributed by atoms with van der Waals surface area (Å²) in [5.41, 5.74) is 0. The van der Waals surface area contributed by atoms with E-state index in [4.69, 9.17) is 4.74 Å². The summed E-state index contributed by atoms with van der Waals surface area (Å²) in [6.45, 7) is 6.62. The second kappa shape index (κ2) is 7.49. The molecule has 6 nitrogen and oxygen atoms in total. The molecule has 2 unspecified atom stereocenters. The van der Waals surface area contributed by atoms with Gasteiger partial charge in [0.1, 0.15) is 0 Å². The Morgan fingerprint density at radius 1 is 1.35 bits per heavy atom. The van der Waals surface area contributed by atoms with E-state index in [0.717, 1.165) is 19.4 Å². The zero-order valence-corrected chi connectivity index (χ0v) is 15.2. The smallest absolute Gasteiger partial charge is 0.241 e. The Bertz CT molecular complexity index is 512. The number of nitrogens with one attached hydrogen (secondary N) is 2. The third-order valence-electron chi connectivity index (χ3n) is 5.21. The van der Waals surface area contributed by atoms with Crippen LogP contribution in [-0.4, -0.2) is 57.7 Å². The van der Waals surface area contributed by atoms with Crippen molar-refractivity contribution in [1.29, 1.82) is 0 Å². The zero-order valence-electron chi connectivity index (χ0n) is 14.4. The van der Waals surface area contributed by atoms with Crippen molar-refractivity contribution in [2.75, 3.05) is 32.5 Å². The van der Waals surface area contributed by atoms with Crippen LogP contribution in [0.25, 0.3) is 0 Å². The summed E-state index contributed by atoms with van der Waals surface area (Å²) in [7, 11) is -3.45. The Kier molecular flexibility index (Phi) is 6.08. The molecule has 2 atom stereocenters. The number of hydrogen-bond acceptors (Lipinski definition) is 5. The minimum atomic E-state index is -3.45. The summed E-state index contributed by atoms with van der Waals surface area (Å²) in [6.07, 6.45) is 3.99. The molecule has 2 heterocycles. The molecule has 0 bridgehead atoms. The maximum Gasteiger partial charge on any atom is 0.241 e. The minimum Gasteiger partial charge on any atom is -0.378 e. The maximum atomic E-state index is 12.7. The molecule has 2 fully saturated rings. The van der Waals surface area contributed by atoms with Crippen molar-refractivity contribution in [1.82, 2.24) is 10.6 Å². The highest BCUT2D eigenvalue weighted by molar-refractivity contribution is 7.92. The van der Waals surface area contributed by atoms with Crippen molar-refractivity contribution in [2.24, 2.45) is 11.8 Å². The van der Waals surface area contributed by atoms with Crippen molar-refractivity contribution >= 4 is 15.7 Å². The summed E-state index contributed by atoms with van der Waals surface area (Å²) < 4.78 is 29.1. The van der Waals surface area contributed by atoms with Gasteiger partial charge in [-0.2, -0.15) is 0 Å². The van der Waals surface area contributed by atoms with Crippen LogP contribution >= 0.6 is 0 Å². The maximum absolute atomic E-state index is 12.7. The van der Waals surface area contributed by atoms with Gasteiger partial charge in [-0.15, -0.1) is 0 Å². The van der Waals surface area contributed by atoms with Gasteiger partial charge in [0.05, 0.1) is 6.10 Å². The number of piperidine rings is 1. The third kappa shape index (κ3) is 4.06. The van der Waals surface area contributed by atoms with Crippen molar-refractivity contribution < 1.29 is 17.9 Å². The lowest BCUT2D eigenvalue weighted by Gasteiger charge is -2.37. The number of rotatable bonds is 5. The topological polar surface area (TPSA) is 84.5 Å². The van der Waals surface area contributed by atoms with Crippen LogP contribution in [0.3, 0.4) is 0 Å². The Hall–Kier alpha value is -0.660. The number of amides is 1. The molecule has 0 radical (unpaired) electrons. The fraction of sp³-hybridized carbons (Fsp3) is 0.938. The van der Waals surface area contributed by atoms with Gasteiger partial charge >= 0.3 is 0 Å². The summed E-state index contributed by atoms with van der Waals surface area (Å²) in [6, 6.07) is 0. The molecule has 2 saturated heterocycles. The first-order valence-corrected chi connectivity index (χ1v) is 10.5. The molecule has 0 spiro atoms. The normalized spacial score (nSPS) is 28.5. The predicted molar refractivity (Wildman–Crippen MR) is 90.0 cm³/mol. The average molecular weight is 346 g/mol. The van der Waals surface area contributed by atoms with Gasteiger partial charge in [-0.3, -0.25) is 4.79 Å². The predicted octanol–water partition coefficient (Wildman–Crippen LogP) is 0.721. The summed E-state index contributed by atoms with van der Waals surface area (Å²) in [5.74, 6) is 0.306. The number of sulfone groups is 1. The molecule has 0 aromatic rings. The van der Waals surface area contributed by atoms with E-state index in [0.29, 0.717) is 38.4 Å². The Morgan fingerprint density at radius 2 is 2.00 bits per heavy atom. The van der Waals surface area contributed by atoms with E-state index >= 15 is 0 Å². The quantitative estimate of drug-likeness (QED) is 0.766. The first-order valence-electron chi connectivity index (χ1n) is 8.58. The van der Waals surface area contributed by atoms with Crippen LogP contribution in [0.2, 0.25) is 0 Å². The van der Waals surface area contributed by atoms with Gasteiger partial charge in [0.25, 0.3) is 0 Å². The molecule has 7 heteroatoms. The van der Waals surface area contributed by atoms with E-state index in [1.54, 1.807) is 0 Å². The van der Waals surface area contributed by atoms with Gasteiger partial charge in [0.15, 0.2) is 14.6 Å². The van der Waals surface area contributed by atoms with Crippen LogP contribution in [0.15, 0.2) is 0 Å². The minimum absolute atomic E-state index is 0.131. The number of carbonyl (C=O) groups is 1. The second-order valence-corrected chi connectivity index (χ2v) is 9.53. The molecule has 2 aliphatic heterocycles. The van der Waals surface area contributed by atoms with E-state index in [-0.39, 0.29) is 17.9 Å². The number of carbonyl (C=O) groups excluding carboxylic acids is 1. The monoisotopic (exact) mass is 346 g/mol. The second-order valence-electron chi connectivity index (χ2n) is 7.21. The lowest BCUT2D eigenvalue weighted by Crippen LogP contribution is -2.58. The van der Waals surface area contributed by atoms with Crippen LogP contribution in [0.1, 0.15) is 39.5 Å². The number of hydrogen-bond donors (Lipinski definition) is 2. The molecule has 23 heavy (non-hydrogen) atoms. The van der Waals surface area contributed by atoms with Gasteiger partial charge in [-0.25, -0.2) is 8.42 Å². The Balaban J connectivity index is 2.04. The van der Waals surface area contributed by atoms with Crippen molar-refractivity contribution in [3.05, 3.63) is 0 Å². The molecule has 2 rings (SSSR count). The molecule has 1 amide bonds. The van der Waals surface area contributed by atoms with Gasteiger partial charge in [0, 0.05) is 25.3 Å². The van der Waals surface area contributed by atoms with E-state index in [9.17, 15) is 13.2 Å². The highest BCUT2D eigenvalue weighted by atomic mass is 32.2. The SMILES string of the molecule is CC(C)C1OCCCC1CNC(=O)C1(S(C)(=O)=O)CCNCC1. The molecule has 0 aromatic carbocycles. The average Bonchev–Trinajstić information content (AvgIpc) is 2.52. The van der Waals surface area contributed by atoms with Gasteiger partial charge < -0.3 is 15.4 Å². The van der Waals surface area contributed by atoms with E-state index < -0.39 is 14.6 Å². The summed E-state index contributed by atoms with van der Waals surface area (Å²) in [5, 5.41) is 6.06. The van der Waals surface area contributed by atoms with E-state index in [1.165, 1.54) is 6.26 Å². The van der Waals surface area contributed by atoms with Crippen molar-refractivity contribution in [2.45, 2.75) is 50.4 Å². The fourth-order valence-electron chi connectivity index (χ4n) is 3.80.